The molecule has 2 unspecified atom stereocenters. The highest BCUT2D eigenvalue weighted by Gasteiger charge is 2.40. The molecule has 2 N–H and O–H groups in total. The van der Waals surface area contributed by atoms with Crippen molar-refractivity contribution in [3.8, 4) is 6.07 Å². The number of hydrogen-bond acceptors (Lipinski definition) is 3. The summed E-state index contributed by atoms with van der Waals surface area (Å²) in [7, 11) is 0. The van der Waals surface area contributed by atoms with E-state index in [0.29, 0.717) is 0 Å². The maximum absolute atomic E-state index is 9.73. The van der Waals surface area contributed by atoms with E-state index >= 15 is 0 Å². The lowest BCUT2D eigenvalue weighted by molar-refractivity contribution is 0.202. The molecular weight excluding hydrogens is 258 g/mol. The molecule has 1 rings (SSSR count). The molecule has 0 spiro atoms. The summed E-state index contributed by atoms with van der Waals surface area (Å²) in [6.45, 7) is 14.7. The van der Waals surface area contributed by atoms with Crippen LogP contribution in [0.15, 0.2) is 30.3 Å². The summed E-state index contributed by atoms with van der Waals surface area (Å²) in [6, 6.07) is 12.3. The molecular formula is C18H29N3. The average molecular weight is 287 g/mol. The molecule has 0 aromatic heterocycles. The van der Waals surface area contributed by atoms with Crippen LogP contribution in [-0.4, -0.2) is 17.1 Å². The fraction of sp³-hybridized carbons (Fsp3) is 0.611. The molecule has 1 aromatic carbocycles. The first-order valence-electron chi connectivity index (χ1n) is 7.50. The van der Waals surface area contributed by atoms with Gasteiger partial charge in [-0.25, -0.2) is 0 Å². The van der Waals surface area contributed by atoms with E-state index in [0.717, 1.165) is 5.56 Å². The van der Waals surface area contributed by atoms with Crippen LogP contribution in [0.1, 0.15) is 54.0 Å². The molecule has 0 aliphatic heterocycles. The first kappa shape index (κ1) is 17.7. The molecule has 0 bridgehead atoms. The van der Waals surface area contributed by atoms with Crippen LogP contribution in [0.3, 0.4) is 0 Å². The maximum atomic E-state index is 9.73. The fourth-order valence-electron chi connectivity index (χ4n) is 2.61. The van der Waals surface area contributed by atoms with Crippen LogP contribution in [0.25, 0.3) is 0 Å². The number of benzene rings is 1. The van der Waals surface area contributed by atoms with Gasteiger partial charge >= 0.3 is 0 Å². The molecule has 2 atom stereocenters. The monoisotopic (exact) mass is 287 g/mol. The number of nitriles is 1. The van der Waals surface area contributed by atoms with E-state index in [-0.39, 0.29) is 17.1 Å². The zero-order chi connectivity index (χ0) is 16.3. The summed E-state index contributed by atoms with van der Waals surface area (Å²) in [5.41, 5.74) is 0.416. The minimum Gasteiger partial charge on any atom is -0.301 e. The second kappa shape index (κ2) is 6.17. The standard InChI is InChI=1S/C18H29N3/c1-16(2,3)20-15(13-19)18(7,21-17(4,5)6)14-11-9-8-10-12-14/h8-12,15,20-21H,1-7H3. The molecule has 3 nitrogen and oxygen atoms in total. The third kappa shape index (κ3) is 5.15. The van der Waals surface area contributed by atoms with Crippen molar-refractivity contribution in [2.24, 2.45) is 0 Å². The van der Waals surface area contributed by atoms with Gasteiger partial charge in [0.05, 0.1) is 11.6 Å². The molecule has 0 aliphatic rings. The number of nitrogens with one attached hydrogen (secondary N) is 2. The van der Waals surface area contributed by atoms with Crippen LogP contribution in [0.5, 0.6) is 0 Å². The Kier molecular flexibility index (Phi) is 5.20. The van der Waals surface area contributed by atoms with Gasteiger partial charge in [-0.3, -0.25) is 5.32 Å². The Balaban J connectivity index is 3.28. The van der Waals surface area contributed by atoms with Crippen molar-refractivity contribution in [1.82, 2.24) is 10.6 Å². The van der Waals surface area contributed by atoms with Gasteiger partial charge in [-0.15, -0.1) is 0 Å². The third-order valence-corrected chi connectivity index (χ3v) is 3.29. The van der Waals surface area contributed by atoms with Crippen LogP contribution >= 0.6 is 0 Å². The van der Waals surface area contributed by atoms with Gasteiger partial charge < -0.3 is 5.32 Å². The normalized spacial score (nSPS) is 16.9. The molecule has 0 saturated heterocycles. The summed E-state index contributed by atoms with van der Waals surface area (Å²) in [4.78, 5) is 0. The van der Waals surface area contributed by atoms with Crippen LogP contribution in [-0.2, 0) is 5.54 Å². The van der Waals surface area contributed by atoms with Crippen molar-refractivity contribution in [2.45, 2.75) is 71.1 Å². The quantitative estimate of drug-likeness (QED) is 0.890. The van der Waals surface area contributed by atoms with Gasteiger partial charge in [0.1, 0.15) is 6.04 Å². The van der Waals surface area contributed by atoms with Gasteiger partial charge in [-0.1, -0.05) is 30.3 Å². The highest BCUT2D eigenvalue weighted by atomic mass is 15.1. The van der Waals surface area contributed by atoms with Gasteiger partial charge in [0.15, 0.2) is 0 Å². The molecule has 0 fully saturated rings. The number of nitrogens with zero attached hydrogens (tertiary/aromatic N) is 1. The lowest BCUT2D eigenvalue weighted by Crippen LogP contribution is -2.62. The Hall–Kier alpha value is -1.37. The summed E-state index contributed by atoms with van der Waals surface area (Å²) in [6.07, 6.45) is 0. The minimum atomic E-state index is -0.471. The molecule has 116 valence electrons. The second-order valence-electron chi connectivity index (χ2n) is 7.90. The smallest absolute Gasteiger partial charge is 0.118 e. The zero-order valence-corrected chi connectivity index (χ0v) is 14.4. The minimum absolute atomic E-state index is 0.0980. The van der Waals surface area contributed by atoms with Gasteiger partial charge in [-0.2, -0.15) is 5.26 Å². The number of hydrogen-bond donors (Lipinski definition) is 2. The highest BCUT2D eigenvalue weighted by Crippen LogP contribution is 2.28. The topological polar surface area (TPSA) is 47.9 Å². The Morgan fingerprint density at radius 3 is 1.81 bits per heavy atom. The lowest BCUT2D eigenvalue weighted by Gasteiger charge is -2.43. The SMILES string of the molecule is CC(C)(C)NC(C#N)C(C)(NC(C)(C)C)c1ccccc1. The van der Waals surface area contributed by atoms with E-state index in [9.17, 15) is 5.26 Å². The van der Waals surface area contributed by atoms with Crippen molar-refractivity contribution in [3.63, 3.8) is 0 Å². The Bertz CT molecular complexity index is 488. The predicted molar refractivity (Wildman–Crippen MR) is 89.0 cm³/mol. The molecule has 0 heterocycles. The predicted octanol–water partition coefficient (Wildman–Crippen LogP) is 3.57. The first-order valence-corrected chi connectivity index (χ1v) is 7.50. The zero-order valence-electron chi connectivity index (χ0n) is 14.4. The molecule has 0 amide bonds. The summed E-state index contributed by atoms with van der Waals surface area (Å²) >= 11 is 0. The van der Waals surface area contributed by atoms with Crippen LogP contribution < -0.4 is 10.6 Å². The van der Waals surface area contributed by atoms with Crippen molar-refractivity contribution in [2.75, 3.05) is 0 Å². The summed E-state index contributed by atoms with van der Waals surface area (Å²) in [5, 5.41) is 16.8. The maximum Gasteiger partial charge on any atom is 0.118 e. The van der Waals surface area contributed by atoms with Crippen LogP contribution in [0, 0.1) is 11.3 Å². The first-order chi connectivity index (χ1) is 9.48. The van der Waals surface area contributed by atoms with Gasteiger partial charge in [0.25, 0.3) is 0 Å². The van der Waals surface area contributed by atoms with Crippen molar-refractivity contribution < 1.29 is 0 Å². The van der Waals surface area contributed by atoms with E-state index in [1.807, 2.05) is 18.2 Å². The molecule has 0 radical (unpaired) electrons. The third-order valence-electron chi connectivity index (χ3n) is 3.29. The fourth-order valence-corrected chi connectivity index (χ4v) is 2.61. The van der Waals surface area contributed by atoms with E-state index in [1.54, 1.807) is 0 Å². The largest absolute Gasteiger partial charge is 0.301 e. The van der Waals surface area contributed by atoms with E-state index < -0.39 is 5.54 Å². The second-order valence-corrected chi connectivity index (χ2v) is 7.90. The molecule has 1 aromatic rings. The van der Waals surface area contributed by atoms with Crippen LogP contribution in [0.4, 0.5) is 0 Å². The van der Waals surface area contributed by atoms with Gasteiger partial charge in [0, 0.05) is 11.1 Å². The Morgan fingerprint density at radius 1 is 0.905 bits per heavy atom. The van der Waals surface area contributed by atoms with Crippen LogP contribution in [0.2, 0.25) is 0 Å². The highest BCUT2D eigenvalue weighted by molar-refractivity contribution is 5.30. The Morgan fingerprint density at radius 2 is 1.43 bits per heavy atom. The average Bonchev–Trinajstić information content (AvgIpc) is 2.33. The van der Waals surface area contributed by atoms with E-state index in [4.69, 9.17) is 0 Å². The summed E-state index contributed by atoms with van der Waals surface area (Å²) in [5.74, 6) is 0. The molecule has 0 aliphatic carbocycles. The number of rotatable bonds is 4. The lowest BCUT2D eigenvalue weighted by atomic mass is 9.81. The van der Waals surface area contributed by atoms with Crippen molar-refractivity contribution >= 4 is 0 Å². The molecule has 0 saturated carbocycles. The van der Waals surface area contributed by atoms with Crippen molar-refractivity contribution in [1.29, 1.82) is 5.26 Å². The molecule has 3 heteroatoms. The summed E-state index contributed by atoms with van der Waals surface area (Å²) < 4.78 is 0. The van der Waals surface area contributed by atoms with E-state index in [1.165, 1.54) is 0 Å². The Labute approximate surface area is 129 Å². The van der Waals surface area contributed by atoms with Crippen molar-refractivity contribution in [3.05, 3.63) is 35.9 Å². The van der Waals surface area contributed by atoms with Gasteiger partial charge in [0.2, 0.25) is 0 Å². The van der Waals surface area contributed by atoms with Gasteiger partial charge in [-0.05, 0) is 54.0 Å². The van der Waals surface area contributed by atoms with E-state index in [2.05, 4.69) is 77.3 Å². The molecule has 21 heavy (non-hydrogen) atoms.